The van der Waals surface area contributed by atoms with Crippen LogP contribution in [0, 0.1) is 20.8 Å². The predicted molar refractivity (Wildman–Crippen MR) is 72.5 cm³/mol. The number of rotatable bonds is 1. The molecular weight excluding hydrogens is 224 g/mol. The second-order valence-corrected chi connectivity index (χ2v) is 4.73. The van der Waals surface area contributed by atoms with Gasteiger partial charge in [0.2, 0.25) is 0 Å². The quantitative estimate of drug-likeness (QED) is 0.711. The zero-order valence-electron chi connectivity index (χ0n) is 11.1. The molecule has 0 fully saturated rings. The minimum atomic E-state index is 0.905. The van der Waals surface area contributed by atoms with Crippen molar-refractivity contribution >= 4 is 11.0 Å². The number of aromatic nitrogens is 4. The summed E-state index contributed by atoms with van der Waals surface area (Å²) in [5.41, 5.74) is 6.54. The van der Waals surface area contributed by atoms with Crippen LogP contribution in [0.5, 0.6) is 0 Å². The highest BCUT2D eigenvalue weighted by Gasteiger charge is 2.15. The summed E-state index contributed by atoms with van der Waals surface area (Å²) in [4.78, 5) is 8.09. The van der Waals surface area contributed by atoms with Crippen LogP contribution in [0.4, 0.5) is 0 Å². The van der Waals surface area contributed by atoms with Crippen LogP contribution in [-0.2, 0) is 7.05 Å². The Morgan fingerprint density at radius 3 is 2.56 bits per heavy atom. The van der Waals surface area contributed by atoms with Gasteiger partial charge in [0, 0.05) is 12.7 Å². The highest BCUT2D eigenvalue weighted by molar-refractivity contribution is 5.82. The molecule has 0 radical (unpaired) electrons. The third kappa shape index (κ3) is 1.45. The van der Waals surface area contributed by atoms with E-state index in [9.17, 15) is 0 Å². The minimum absolute atomic E-state index is 0.905. The molecule has 0 unspecified atom stereocenters. The van der Waals surface area contributed by atoms with Crippen LogP contribution in [-0.4, -0.2) is 19.7 Å². The number of hydrogen-bond acceptors (Lipinski definition) is 2. The van der Waals surface area contributed by atoms with E-state index in [1.54, 1.807) is 0 Å². The molecule has 0 atom stereocenters. The Morgan fingerprint density at radius 1 is 1.17 bits per heavy atom. The Balaban J connectivity index is 2.29. The lowest BCUT2D eigenvalue weighted by Gasteiger charge is -1.96. The van der Waals surface area contributed by atoms with Gasteiger partial charge in [0.25, 0.3) is 0 Å². The second-order valence-electron chi connectivity index (χ2n) is 4.73. The molecular formula is C14H16N4. The van der Waals surface area contributed by atoms with Crippen LogP contribution in [0.25, 0.3) is 22.4 Å². The van der Waals surface area contributed by atoms with Gasteiger partial charge in [-0.15, -0.1) is 0 Å². The van der Waals surface area contributed by atoms with Gasteiger partial charge in [-0.2, -0.15) is 5.10 Å². The summed E-state index contributed by atoms with van der Waals surface area (Å²) in [5.74, 6) is 0.905. The van der Waals surface area contributed by atoms with Gasteiger partial charge < -0.3 is 4.98 Å². The molecule has 0 saturated carbocycles. The van der Waals surface area contributed by atoms with Gasteiger partial charge in [-0.05, 0) is 32.4 Å². The number of hydrogen-bond donors (Lipinski definition) is 1. The van der Waals surface area contributed by atoms with Crippen molar-refractivity contribution in [3.63, 3.8) is 0 Å². The molecule has 3 aromatic rings. The molecule has 4 heteroatoms. The average Bonchev–Trinajstić information content (AvgIpc) is 2.83. The number of H-pyrrole nitrogens is 1. The van der Waals surface area contributed by atoms with Crippen molar-refractivity contribution in [3.8, 4) is 11.4 Å². The van der Waals surface area contributed by atoms with E-state index in [-0.39, 0.29) is 0 Å². The lowest BCUT2D eigenvalue weighted by atomic mass is 10.2. The first kappa shape index (κ1) is 11.0. The van der Waals surface area contributed by atoms with Crippen LogP contribution < -0.4 is 0 Å². The number of para-hydroxylation sites is 1. The fraction of sp³-hybridized carbons (Fsp3) is 0.286. The molecule has 1 aromatic carbocycles. The van der Waals surface area contributed by atoms with Crippen molar-refractivity contribution < 1.29 is 0 Å². The molecule has 0 saturated heterocycles. The highest BCUT2D eigenvalue weighted by Crippen LogP contribution is 2.27. The number of imidazole rings is 1. The first-order chi connectivity index (χ1) is 8.58. The van der Waals surface area contributed by atoms with E-state index in [4.69, 9.17) is 4.98 Å². The zero-order valence-corrected chi connectivity index (χ0v) is 11.1. The lowest BCUT2D eigenvalue weighted by molar-refractivity contribution is 0.731. The summed E-state index contributed by atoms with van der Waals surface area (Å²) in [6.45, 7) is 6.16. The van der Waals surface area contributed by atoms with Crippen molar-refractivity contribution in [2.45, 2.75) is 20.8 Å². The van der Waals surface area contributed by atoms with Crippen LogP contribution in [0.2, 0.25) is 0 Å². The van der Waals surface area contributed by atoms with Gasteiger partial charge in [-0.3, -0.25) is 4.68 Å². The molecule has 2 heterocycles. The molecule has 0 spiro atoms. The molecule has 0 aliphatic heterocycles. The van der Waals surface area contributed by atoms with Crippen molar-refractivity contribution in [3.05, 3.63) is 35.2 Å². The van der Waals surface area contributed by atoms with E-state index in [1.807, 2.05) is 24.7 Å². The Kier molecular flexibility index (Phi) is 2.26. The van der Waals surface area contributed by atoms with Gasteiger partial charge >= 0.3 is 0 Å². The number of nitrogens with one attached hydrogen (secondary N) is 1. The Morgan fingerprint density at radius 2 is 1.94 bits per heavy atom. The average molecular weight is 240 g/mol. The summed E-state index contributed by atoms with van der Waals surface area (Å²) in [6.07, 6.45) is 0. The molecule has 92 valence electrons. The fourth-order valence-electron chi connectivity index (χ4n) is 2.41. The number of benzene rings is 1. The highest BCUT2D eigenvalue weighted by atomic mass is 15.3. The van der Waals surface area contributed by atoms with E-state index in [1.165, 1.54) is 5.56 Å². The third-order valence-electron chi connectivity index (χ3n) is 3.46. The summed E-state index contributed by atoms with van der Waals surface area (Å²) in [7, 11) is 1.96. The van der Waals surface area contributed by atoms with Crippen molar-refractivity contribution in [1.82, 2.24) is 19.7 Å². The smallest absolute Gasteiger partial charge is 0.142 e. The van der Waals surface area contributed by atoms with Crippen LogP contribution in [0.1, 0.15) is 17.0 Å². The second kappa shape index (κ2) is 3.70. The summed E-state index contributed by atoms with van der Waals surface area (Å²) >= 11 is 0. The van der Waals surface area contributed by atoms with Gasteiger partial charge in [-0.25, -0.2) is 4.98 Å². The van der Waals surface area contributed by atoms with Gasteiger partial charge in [0.05, 0.1) is 22.3 Å². The third-order valence-corrected chi connectivity index (χ3v) is 3.46. The first-order valence-electron chi connectivity index (χ1n) is 6.04. The normalized spacial score (nSPS) is 11.3. The molecule has 0 aliphatic rings. The Hall–Kier alpha value is -2.10. The molecule has 0 amide bonds. The van der Waals surface area contributed by atoms with E-state index in [2.05, 4.69) is 36.1 Å². The van der Waals surface area contributed by atoms with Crippen LogP contribution in [0.3, 0.4) is 0 Å². The molecule has 1 N–H and O–H groups in total. The maximum Gasteiger partial charge on any atom is 0.142 e. The van der Waals surface area contributed by atoms with E-state index in [0.717, 1.165) is 33.8 Å². The Labute approximate surface area is 106 Å². The molecule has 4 nitrogen and oxygen atoms in total. The SMILES string of the molecule is Cc1nn(C)c(C)c1-c1nc2c(C)cccc2[nH]1. The van der Waals surface area contributed by atoms with Gasteiger partial charge in [0.1, 0.15) is 5.82 Å². The molecule has 18 heavy (non-hydrogen) atoms. The topological polar surface area (TPSA) is 46.5 Å². The number of aryl methyl sites for hydroxylation is 3. The fourth-order valence-corrected chi connectivity index (χ4v) is 2.41. The predicted octanol–water partition coefficient (Wildman–Crippen LogP) is 2.89. The van der Waals surface area contributed by atoms with Crippen molar-refractivity contribution in [2.24, 2.45) is 7.05 Å². The van der Waals surface area contributed by atoms with Gasteiger partial charge in [-0.1, -0.05) is 12.1 Å². The van der Waals surface area contributed by atoms with Gasteiger partial charge in [0.15, 0.2) is 0 Å². The molecule has 3 rings (SSSR count). The number of nitrogens with zero attached hydrogens (tertiary/aromatic N) is 3. The summed E-state index contributed by atoms with van der Waals surface area (Å²) in [5, 5.41) is 4.44. The molecule has 0 aliphatic carbocycles. The number of aromatic amines is 1. The summed E-state index contributed by atoms with van der Waals surface area (Å²) in [6, 6.07) is 6.18. The minimum Gasteiger partial charge on any atom is -0.338 e. The zero-order chi connectivity index (χ0) is 12.9. The van der Waals surface area contributed by atoms with E-state index >= 15 is 0 Å². The molecule has 0 bridgehead atoms. The van der Waals surface area contributed by atoms with E-state index < -0.39 is 0 Å². The number of fused-ring (bicyclic) bond motifs is 1. The van der Waals surface area contributed by atoms with Crippen LogP contribution in [0.15, 0.2) is 18.2 Å². The van der Waals surface area contributed by atoms with Crippen LogP contribution >= 0.6 is 0 Å². The lowest BCUT2D eigenvalue weighted by Crippen LogP contribution is -1.92. The van der Waals surface area contributed by atoms with Crippen molar-refractivity contribution in [1.29, 1.82) is 0 Å². The van der Waals surface area contributed by atoms with E-state index in [0.29, 0.717) is 0 Å². The largest absolute Gasteiger partial charge is 0.338 e. The summed E-state index contributed by atoms with van der Waals surface area (Å²) < 4.78 is 1.89. The maximum atomic E-state index is 4.71. The monoisotopic (exact) mass is 240 g/mol. The van der Waals surface area contributed by atoms with Crippen molar-refractivity contribution in [2.75, 3.05) is 0 Å². The standard InChI is InChI=1S/C14H16N4/c1-8-6-5-7-11-13(8)16-14(15-11)12-9(2)17-18(4)10(12)3/h5-7H,1-4H3,(H,15,16). The first-order valence-corrected chi connectivity index (χ1v) is 6.04. The maximum absolute atomic E-state index is 4.71. The molecule has 2 aromatic heterocycles. The Bertz CT molecular complexity index is 734.